The smallest absolute Gasteiger partial charge is 0.323 e. The Morgan fingerprint density at radius 2 is 2.12 bits per heavy atom. The summed E-state index contributed by atoms with van der Waals surface area (Å²) >= 11 is 0. The third kappa shape index (κ3) is 3.40. The first-order chi connectivity index (χ1) is 8.08. The second-order valence-electron chi connectivity index (χ2n) is 3.26. The van der Waals surface area contributed by atoms with E-state index in [9.17, 15) is 9.59 Å². The van der Waals surface area contributed by atoms with Crippen molar-refractivity contribution >= 4 is 17.7 Å². The van der Waals surface area contributed by atoms with E-state index >= 15 is 0 Å². The van der Waals surface area contributed by atoms with Crippen molar-refractivity contribution in [2.75, 3.05) is 25.0 Å². The predicted molar refractivity (Wildman–Crippen MR) is 60.9 cm³/mol. The fraction of sp³-hybridized carbons (Fsp3) is 0.400. The quantitative estimate of drug-likeness (QED) is 0.734. The van der Waals surface area contributed by atoms with Crippen LogP contribution in [-0.4, -0.2) is 47.3 Å². The standard InChI is InChI=1S/C10H14N4O3/c1-3-14(6-9(15)16)8-5-4-7(12-13-8)10(17)11-2/h4-5H,3,6H2,1-2H3,(H,11,17)(H,15,16). The molecule has 1 aromatic rings. The number of hydrogen-bond acceptors (Lipinski definition) is 5. The summed E-state index contributed by atoms with van der Waals surface area (Å²) in [4.78, 5) is 23.4. The van der Waals surface area contributed by atoms with Crippen LogP contribution in [0.1, 0.15) is 17.4 Å². The highest BCUT2D eigenvalue weighted by molar-refractivity contribution is 5.91. The molecule has 0 saturated carbocycles. The van der Waals surface area contributed by atoms with Gasteiger partial charge in [0.1, 0.15) is 6.54 Å². The number of likely N-dealkylation sites (N-methyl/N-ethyl adjacent to an activating group) is 1. The van der Waals surface area contributed by atoms with Gasteiger partial charge in [0.2, 0.25) is 0 Å². The van der Waals surface area contributed by atoms with Crippen molar-refractivity contribution in [1.82, 2.24) is 15.5 Å². The number of aliphatic carboxylic acids is 1. The molecule has 1 rings (SSSR count). The minimum atomic E-state index is -0.941. The highest BCUT2D eigenvalue weighted by Gasteiger charge is 2.12. The Morgan fingerprint density at radius 3 is 2.53 bits per heavy atom. The SMILES string of the molecule is CCN(CC(=O)O)c1ccc(C(=O)NC)nn1. The van der Waals surface area contributed by atoms with Crippen LogP contribution in [-0.2, 0) is 4.79 Å². The summed E-state index contributed by atoms with van der Waals surface area (Å²) in [6.07, 6.45) is 0. The van der Waals surface area contributed by atoms with Gasteiger partial charge < -0.3 is 15.3 Å². The minimum Gasteiger partial charge on any atom is -0.480 e. The lowest BCUT2D eigenvalue weighted by atomic mass is 10.3. The maximum atomic E-state index is 11.2. The number of carbonyl (C=O) groups is 2. The zero-order valence-electron chi connectivity index (χ0n) is 9.67. The molecule has 2 N–H and O–H groups in total. The van der Waals surface area contributed by atoms with Gasteiger partial charge in [-0.2, -0.15) is 0 Å². The highest BCUT2D eigenvalue weighted by Crippen LogP contribution is 2.08. The molecule has 0 radical (unpaired) electrons. The topological polar surface area (TPSA) is 95.4 Å². The van der Waals surface area contributed by atoms with Gasteiger partial charge in [-0.25, -0.2) is 0 Å². The van der Waals surface area contributed by atoms with Crippen molar-refractivity contribution in [3.8, 4) is 0 Å². The van der Waals surface area contributed by atoms with E-state index in [2.05, 4.69) is 15.5 Å². The molecule has 0 aliphatic rings. The Bertz CT molecular complexity index is 405. The van der Waals surface area contributed by atoms with E-state index in [1.807, 2.05) is 6.92 Å². The van der Waals surface area contributed by atoms with E-state index in [0.717, 1.165) is 0 Å². The fourth-order valence-corrected chi connectivity index (χ4v) is 1.26. The summed E-state index contributed by atoms with van der Waals surface area (Å²) in [7, 11) is 1.50. The van der Waals surface area contributed by atoms with Crippen molar-refractivity contribution in [2.24, 2.45) is 0 Å². The van der Waals surface area contributed by atoms with Crippen LogP contribution in [0, 0.1) is 0 Å². The van der Waals surface area contributed by atoms with Gasteiger partial charge in [0.05, 0.1) is 0 Å². The third-order valence-electron chi connectivity index (χ3n) is 2.14. The summed E-state index contributed by atoms with van der Waals surface area (Å²) in [5.74, 6) is -0.836. The number of hydrogen-bond donors (Lipinski definition) is 2. The number of carbonyl (C=O) groups excluding carboxylic acids is 1. The summed E-state index contributed by atoms with van der Waals surface area (Å²) in [5.41, 5.74) is 0.197. The lowest BCUT2D eigenvalue weighted by molar-refractivity contribution is -0.135. The Morgan fingerprint density at radius 1 is 1.41 bits per heavy atom. The molecule has 17 heavy (non-hydrogen) atoms. The lowest BCUT2D eigenvalue weighted by Gasteiger charge is -2.18. The molecule has 7 nitrogen and oxygen atoms in total. The monoisotopic (exact) mass is 238 g/mol. The zero-order chi connectivity index (χ0) is 12.8. The van der Waals surface area contributed by atoms with Crippen LogP contribution in [0.5, 0.6) is 0 Å². The van der Waals surface area contributed by atoms with Gasteiger partial charge in [0.25, 0.3) is 5.91 Å². The van der Waals surface area contributed by atoms with Crippen molar-refractivity contribution < 1.29 is 14.7 Å². The van der Waals surface area contributed by atoms with Gasteiger partial charge in [-0.3, -0.25) is 9.59 Å². The molecule has 1 amide bonds. The van der Waals surface area contributed by atoms with Crippen molar-refractivity contribution in [3.63, 3.8) is 0 Å². The molecule has 1 aromatic heterocycles. The summed E-state index contributed by atoms with van der Waals surface area (Å²) in [6, 6.07) is 3.08. The summed E-state index contributed by atoms with van der Waals surface area (Å²) in [5, 5.41) is 18.7. The zero-order valence-corrected chi connectivity index (χ0v) is 9.67. The average Bonchev–Trinajstić information content (AvgIpc) is 2.35. The van der Waals surface area contributed by atoms with Crippen LogP contribution in [0.25, 0.3) is 0 Å². The molecule has 0 bridgehead atoms. The van der Waals surface area contributed by atoms with Gasteiger partial charge in [-0.15, -0.1) is 10.2 Å². The molecule has 0 aromatic carbocycles. The van der Waals surface area contributed by atoms with Crippen LogP contribution in [0.3, 0.4) is 0 Å². The lowest BCUT2D eigenvalue weighted by Crippen LogP contribution is -2.30. The molecule has 0 aliphatic heterocycles. The first-order valence-electron chi connectivity index (χ1n) is 5.11. The first kappa shape index (κ1) is 12.9. The fourth-order valence-electron chi connectivity index (χ4n) is 1.26. The maximum Gasteiger partial charge on any atom is 0.323 e. The molecule has 92 valence electrons. The molecular formula is C10H14N4O3. The summed E-state index contributed by atoms with van der Waals surface area (Å²) < 4.78 is 0. The normalized spacial score (nSPS) is 9.76. The molecule has 0 unspecified atom stereocenters. The van der Waals surface area contributed by atoms with E-state index in [1.54, 1.807) is 11.0 Å². The number of rotatable bonds is 5. The van der Waals surface area contributed by atoms with Gasteiger partial charge in [0.15, 0.2) is 11.5 Å². The largest absolute Gasteiger partial charge is 0.480 e. The van der Waals surface area contributed by atoms with Crippen LogP contribution in [0.2, 0.25) is 0 Å². The number of anilines is 1. The Balaban J connectivity index is 2.84. The number of nitrogens with zero attached hydrogens (tertiary/aromatic N) is 3. The van der Waals surface area contributed by atoms with Gasteiger partial charge in [-0.1, -0.05) is 0 Å². The van der Waals surface area contributed by atoms with E-state index in [1.165, 1.54) is 13.1 Å². The van der Waals surface area contributed by atoms with Gasteiger partial charge in [0, 0.05) is 13.6 Å². The van der Waals surface area contributed by atoms with E-state index in [-0.39, 0.29) is 18.1 Å². The molecule has 0 saturated heterocycles. The molecule has 0 fully saturated rings. The van der Waals surface area contributed by atoms with Crippen molar-refractivity contribution in [3.05, 3.63) is 17.8 Å². The van der Waals surface area contributed by atoms with Crippen LogP contribution in [0.15, 0.2) is 12.1 Å². The molecule has 1 heterocycles. The van der Waals surface area contributed by atoms with Crippen molar-refractivity contribution in [1.29, 1.82) is 0 Å². The minimum absolute atomic E-state index is 0.148. The second kappa shape index (κ2) is 5.78. The molecule has 0 aliphatic carbocycles. The predicted octanol–water partition coefficient (Wildman–Crippen LogP) is -0.253. The second-order valence-corrected chi connectivity index (χ2v) is 3.26. The Kier molecular flexibility index (Phi) is 4.38. The van der Waals surface area contributed by atoms with E-state index in [4.69, 9.17) is 5.11 Å². The molecule has 0 atom stereocenters. The van der Waals surface area contributed by atoms with Gasteiger partial charge >= 0.3 is 5.97 Å². The highest BCUT2D eigenvalue weighted by atomic mass is 16.4. The first-order valence-corrected chi connectivity index (χ1v) is 5.11. The maximum absolute atomic E-state index is 11.2. The number of carboxylic acids is 1. The number of nitrogens with one attached hydrogen (secondary N) is 1. The van der Waals surface area contributed by atoms with Gasteiger partial charge in [-0.05, 0) is 19.1 Å². The van der Waals surface area contributed by atoms with E-state index < -0.39 is 5.97 Å². The average molecular weight is 238 g/mol. The van der Waals surface area contributed by atoms with Crippen LogP contribution < -0.4 is 10.2 Å². The number of amides is 1. The molecule has 7 heteroatoms. The summed E-state index contributed by atoms with van der Waals surface area (Å²) in [6.45, 7) is 2.17. The van der Waals surface area contributed by atoms with E-state index in [0.29, 0.717) is 12.4 Å². The number of carboxylic acid groups (broad SMARTS) is 1. The Hall–Kier alpha value is -2.18. The van der Waals surface area contributed by atoms with Crippen LogP contribution in [0.4, 0.5) is 5.82 Å². The third-order valence-corrected chi connectivity index (χ3v) is 2.14. The van der Waals surface area contributed by atoms with Crippen LogP contribution >= 0.6 is 0 Å². The Labute approximate surface area is 98.5 Å². The number of aromatic nitrogens is 2. The van der Waals surface area contributed by atoms with Crippen molar-refractivity contribution in [2.45, 2.75) is 6.92 Å². The molecule has 0 spiro atoms. The molecular weight excluding hydrogens is 224 g/mol.